The van der Waals surface area contributed by atoms with Gasteiger partial charge in [-0.15, -0.1) is 13.2 Å². The monoisotopic (exact) mass is 603 g/mol. The summed E-state index contributed by atoms with van der Waals surface area (Å²) in [6.07, 6.45) is -3.31. The topological polar surface area (TPSA) is 163 Å². The number of amides is 3. The summed E-state index contributed by atoms with van der Waals surface area (Å²) in [6.45, 7) is -0.974. The number of anilines is 1. The van der Waals surface area contributed by atoms with Gasteiger partial charge in [-0.3, -0.25) is 28.6 Å². The highest BCUT2D eigenvalue weighted by Crippen LogP contribution is 2.55. The second-order valence-corrected chi connectivity index (χ2v) is 12.1. The van der Waals surface area contributed by atoms with E-state index in [9.17, 15) is 40.8 Å². The third kappa shape index (κ3) is 8.63. The third-order valence-electron chi connectivity index (χ3n) is 7.51. The molecule has 3 amide bonds. The molecule has 4 N–H and O–H groups in total. The highest BCUT2D eigenvalue weighted by atomic mass is 32.2. The molecule has 12 nitrogen and oxygen atoms in total. The smallest absolute Gasteiger partial charge is 0.356 e. The molecule has 1 saturated carbocycles. The van der Waals surface area contributed by atoms with E-state index in [2.05, 4.69) is 24.8 Å². The Bertz CT molecular complexity index is 1260. The molecule has 2 aliphatic heterocycles. The van der Waals surface area contributed by atoms with Crippen molar-refractivity contribution in [2.75, 3.05) is 31.0 Å². The number of hydrogen-bond acceptors (Lipinski definition) is 7. The van der Waals surface area contributed by atoms with E-state index >= 15 is 0 Å². The van der Waals surface area contributed by atoms with E-state index in [1.807, 2.05) is 0 Å². The van der Waals surface area contributed by atoms with Crippen molar-refractivity contribution in [1.29, 1.82) is 0 Å². The standard InChI is InChI=1S/C25H32F3N5O7S/c26-25(27,28)40-14-20(34)18(12-16-6-10-29-22(16)36)31-23(37)19-13-24(8-9-24)15-33(19)21(35)7-11-30-41(38,39)32-17-4-2-1-3-5-17/h1-5,16,18-19,30,32H,6-15H2,(H,29,36)(H,31,37)/t16-,18?,19-/m0/s1. The van der Waals surface area contributed by atoms with Crippen molar-refractivity contribution in [3.05, 3.63) is 30.3 Å². The van der Waals surface area contributed by atoms with Gasteiger partial charge in [0.2, 0.25) is 17.7 Å². The van der Waals surface area contributed by atoms with Crippen molar-refractivity contribution in [1.82, 2.24) is 20.3 Å². The molecule has 3 fully saturated rings. The van der Waals surface area contributed by atoms with Crippen LogP contribution in [-0.2, 0) is 34.1 Å². The number of Topliss-reactive ketones (excluding diaryl/α,β-unsaturated/α-hetero) is 1. The summed E-state index contributed by atoms with van der Waals surface area (Å²) >= 11 is 0. The largest absolute Gasteiger partial charge is 0.522 e. The number of nitrogens with one attached hydrogen (secondary N) is 4. The Morgan fingerprint density at radius 1 is 1.17 bits per heavy atom. The van der Waals surface area contributed by atoms with E-state index in [1.165, 1.54) is 4.90 Å². The van der Waals surface area contributed by atoms with Crippen molar-refractivity contribution in [2.24, 2.45) is 11.3 Å². The molecule has 1 aliphatic carbocycles. The van der Waals surface area contributed by atoms with E-state index in [4.69, 9.17) is 0 Å². The van der Waals surface area contributed by atoms with Crippen LogP contribution in [0.5, 0.6) is 0 Å². The van der Waals surface area contributed by atoms with Crippen LogP contribution >= 0.6 is 0 Å². The first-order chi connectivity index (χ1) is 19.3. The molecule has 2 saturated heterocycles. The summed E-state index contributed by atoms with van der Waals surface area (Å²) in [4.78, 5) is 52.5. The lowest BCUT2D eigenvalue weighted by Gasteiger charge is -2.27. The Labute approximate surface area is 234 Å². The van der Waals surface area contributed by atoms with Gasteiger partial charge >= 0.3 is 6.36 Å². The van der Waals surface area contributed by atoms with Gasteiger partial charge in [0, 0.05) is 37.7 Å². The van der Waals surface area contributed by atoms with Gasteiger partial charge in [0.1, 0.15) is 12.6 Å². The van der Waals surface area contributed by atoms with Gasteiger partial charge in [-0.05, 0) is 49.7 Å². The first kappa shape index (κ1) is 30.7. The molecule has 16 heteroatoms. The predicted octanol–water partition coefficient (Wildman–Crippen LogP) is 0.821. The molecule has 0 aromatic heterocycles. The summed E-state index contributed by atoms with van der Waals surface area (Å²) in [5.41, 5.74) is 0.0640. The molecular formula is C25H32F3N5O7S. The molecule has 3 aliphatic rings. The summed E-state index contributed by atoms with van der Waals surface area (Å²) in [5, 5.41) is 5.05. The minimum atomic E-state index is -5.06. The van der Waals surface area contributed by atoms with E-state index in [0.717, 1.165) is 12.8 Å². The van der Waals surface area contributed by atoms with Gasteiger partial charge in [0.25, 0.3) is 10.2 Å². The second-order valence-electron chi connectivity index (χ2n) is 10.6. The van der Waals surface area contributed by atoms with E-state index in [1.54, 1.807) is 30.3 Å². The number of alkyl halides is 3. The average Bonchev–Trinajstić information content (AvgIpc) is 3.35. The van der Waals surface area contributed by atoms with E-state index < -0.39 is 58.8 Å². The van der Waals surface area contributed by atoms with Crippen molar-refractivity contribution in [3.63, 3.8) is 0 Å². The Morgan fingerprint density at radius 2 is 1.88 bits per heavy atom. The van der Waals surface area contributed by atoms with Crippen molar-refractivity contribution < 1.29 is 45.5 Å². The van der Waals surface area contributed by atoms with Gasteiger partial charge in [-0.1, -0.05) is 18.2 Å². The number of halogens is 3. The highest BCUT2D eigenvalue weighted by Gasteiger charge is 2.55. The fraction of sp³-hybridized carbons (Fsp3) is 0.600. The predicted molar refractivity (Wildman–Crippen MR) is 138 cm³/mol. The molecule has 0 radical (unpaired) electrons. The summed E-state index contributed by atoms with van der Waals surface area (Å²) in [6, 6.07) is 5.70. The summed E-state index contributed by atoms with van der Waals surface area (Å²) < 4.78 is 70.5. The maximum absolute atomic E-state index is 13.3. The normalized spacial score (nSPS) is 22.3. The number of ether oxygens (including phenoxy) is 1. The maximum atomic E-state index is 13.3. The van der Waals surface area contributed by atoms with Gasteiger partial charge in [-0.2, -0.15) is 13.1 Å². The number of para-hydroxylation sites is 1. The number of rotatable bonds is 13. The van der Waals surface area contributed by atoms with Crippen LogP contribution in [0.4, 0.5) is 18.9 Å². The Kier molecular flexibility index (Phi) is 9.23. The minimum Gasteiger partial charge on any atom is -0.356 e. The number of ketones is 1. The van der Waals surface area contributed by atoms with Crippen LogP contribution in [0, 0.1) is 11.3 Å². The number of benzene rings is 1. The first-order valence-corrected chi connectivity index (χ1v) is 14.7. The molecule has 41 heavy (non-hydrogen) atoms. The molecule has 2 heterocycles. The van der Waals surface area contributed by atoms with Gasteiger partial charge in [0.15, 0.2) is 5.78 Å². The van der Waals surface area contributed by atoms with Crippen LogP contribution < -0.4 is 20.1 Å². The zero-order chi connectivity index (χ0) is 29.8. The fourth-order valence-corrected chi connectivity index (χ4v) is 6.06. The maximum Gasteiger partial charge on any atom is 0.522 e. The highest BCUT2D eigenvalue weighted by molar-refractivity contribution is 7.90. The Morgan fingerprint density at radius 3 is 2.49 bits per heavy atom. The number of hydrogen-bond donors (Lipinski definition) is 4. The first-order valence-electron chi connectivity index (χ1n) is 13.2. The average molecular weight is 604 g/mol. The molecule has 4 rings (SSSR count). The van der Waals surface area contributed by atoms with E-state index in [-0.39, 0.29) is 37.3 Å². The lowest BCUT2D eigenvalue weighted by atomic mass is 9.95. The fourth-order valence-electron chi connectivity index (χ4n) is 5.17. The van der Waals surface area contributed by atoms with Crippen LogP contribution in [0.1, 0.15) is 38.5 Å². The van der Waals surface area contributed by atoms with Crippen molar-refractivity contribution >= 4 is 39.4 Å². The van der Waals surface area contributed by atoms with Crippen LogP contribution in [0.3, 0.4) is 0 Å². The van der Waals surface area contributed by atoms with Crippen LogP contribution in [0.2, 0.25) is 0 Å². The van der Waals surface area contributed by atoms with Gasteiger partial charge in [0.05, 0.1) is 6.04 Å². The third-order valence-corrected chi connectivity index (χ3v) is 8.60. The quantitative estimate of drug-likeness (QED) is 0.259. The Balaban J connectivity index is 1.38. The Hall–Kier alpha value is -3.24. The van der Waals surface area contributed by atoms with Gasteiger partial charge < -0.3 is 15.5 Å². The van der Waals surface area contributed by atoms with Crippen molar-refractivity contribution in [3.8, 4) is 0 Å². The number of nitrogens with zero attached hydrogens (tertiary/aromatic N) is 1. The molecular weight excluding hydrogens is 571 g/mol. The number of carbonyl (C=O) groups is 4. The zero-order valence-electron chi connectivity index (χ0n) is 22.0. The lowest BCUT2D eigenvalue weighted by molar-refractivity contribution is -0.321. The van der Waals surface area contributed by atoms with Crippen LogP contribution in [0.25, 0.3) is 0 Å². The molecule has 0 bridgehead atoms. The second kappa shape index (κ2) is 12.3. The molecule has 226 valence electrons. The number of likely N-dealkylation sites (tertiary alicyclic amines) is 1. The molecule has 3 atom stereocenters. The minimum absolute atomic E-state index is 0.209. The summed E-state index contributed by atoms with van der Waals surface area (Å²) in [5.74, 6) is -3.31. The molecule has 1 aromatic rings. The van der Waals surface area contributed by atoms with Gasteiger partial charge in [-0.25, -0.2) is 0 Å². The zero-order valence-corrected chi connectivity index (χ0v) is 22.9. The van der Waals surface area contributed by atoms with Crippen LogP contribution in [-0.4, -0.2) is 81.5 Å². The van der Waals surface area contributed by atoms with Crippen molar-refractivity contribution in [2.45, 2.75) is 57.0 Å². The summed E-state index contributed by atoms with van der Waals surface area (Å²) in [7, 11) is -3.96. The SMILES string of the molecule is O=C(COC(F)(F)F)C(C[C@@H]1CCNC1=O)NC(=O)[C@@H]1CC2(CC2)CN1C(=O)CCNS(=O)(=O)Nc1ccccc1. The van der Waals surface area contributed by atoms with Crippen LogP contribution in [0.15, 0.2) is 30.3 Å². The lowest BCUT2D eigenvalue weighted by Crippen LogP contribution is -2.52. The molecule has 1 spiro atoms. The number of carbonyl (C=O) groups excluding carboxylic acids is 4. The molecule has 1 aromatic carbocycles. The molecule has 1 unspecified atom stereocenters. The van der Waals surface area contributed by atoms with E-state index in [0.29, 0.717) is 25.1 Å².